The number of nitrogens with zero attached hydrogens (tertiary/aromatic N) is 3. The third-order valence-electron chi connectivity index (χ3n) is 4.91. The molecule has 2 aromatic heterocycles. The zero-order valence-electron chi connectivity index (χ0n) is 16.3. The molecule has 0 fully saturated rings. The largest absolute Gasteiger partial charge is 0.484 e. The van der Waals surface area contributed by atoms with Crippen molar-refractivity contribution in [1.82, 2.24) is 19.9 Å². The highest BCUT2D eigenvalue weighted by Gasteiger charge is 2.16. The Bertz CT molecular complexity index is 1340. The second kappa shape index (κ2) is 7.75. The first-order valence-electron chi connectivity index (χ1n) is 9.61. The van der Waals surface area contributed by atoms with Crippen LogP contribution < -0.4 is 15.4 Å². The molecule has 31 heavy (non-hydrogen) atoms. The number of para-hydroxylation sites is 1. The summed E-state index contributed by atoms with van der Waals surface area (Å²) >= 11 is 0. The minimum Gasteiger partial charge on any atom is -0.484 e. The van der Waals surface area contributed by atoms with E-state index in [1.54, 1.807) is 42.7 Å². The van der Waals surface area contributed by atoms with Gasteiger partial charge in [-0.05, 0) is 48.0 Å². The van der Waals surface area contributed by atoms with Crippen LogP contribution in [0.25, 0.3) is 17.0 Å². The van der Waals surface area contributed by atoms with E-state index in [0.29, 0.717) is 11.6 Å². The van der Waals surface area contributed by atoms with Crippen molar-refractivity contribution in [2.75, 3.05) is 11.9 Å². The van der Waals surface area contributed by atoms with Crippen LogP contribution in [0, 0.1) is 0 Å². The van der Waals surface area contributed by atoms with Crippen molar-refractivity contribution in [3.8, 4) is 5.75 Å². The van der Waals surface area contributed by atoms with Gasteiger partial charge in [0.1, 0.15) is 23.6 Å². The monoisotopic (exact) mass is 411 g/mol. The van der Waals surface area contributed by atoms with Gasteiger partial charge >= 0.3 is 0 Å². The number of fused-ring (bicyclic) bond motifs is 3. The summed E-state index contributed by atoms with van der Waals surface area (Å²) in [4.78, 5) is 33.9. The van der Waals surface area contributed by atoms with Crippen molar-refractivity contribution < 1.29 is 14.3 Å². The van der Waals surface area contributed by atoms with Gasteiger partial charge in [0.2, 0.25) is 0 Å². The van der Waals surface area contributed by atoms with Crippen molar-refractivity contribution in [2.24, 2.45) is 0 Å². The summed E-state index contributed by atoms with van der Waals surface area (Å²) in [5.41, 5.74) is 2.63. The number of carbonyl (C=O) groups excluding carboxylic acids is 2. The Morgan fingerprint density at radius 3 is 2.84 bits per heavy atom. The van der Waals surface area contributed by atoms with Crippen molar-refractivity contribution in [3.05, 3.63) is 84.6 Å². The molecule has 1 aliphatic rings. The molecule has 1 amide bonds. The van der Waals surface area contributed by atoms with Gasteiger partial charge in [-0.3, -0.25) is 14.2 Å². The number of amides is 1. The minimum atomic E-state index is -0.397. The fourth-order valence-electron chi connectivity index (χ4n) is 3.39. The first kappa shape index (κ1) is 18.6. The lowest BCUT2D eigenvalue weighted by molar-refractivity contribution is 0.0817. The van der Waals surface area contributed by atoms with Crippen LogP contribution >= 0.6 is 0 Å². The zero-order chi connectivity index (χ0) is 21.2. The molecular weight excluding hydrogens is 394 g/mol. The average molecular weight is 411 g/mol. The summed E-state index contributed by atoms with van der Waals surface area (Å²) < 4.78 is 6.99. The van der Waals surface area contributed by atoms with E-state index >= 15 is 0 Å². The molecule has 5 rings (SSSR count). The number of benzene rings is 2. The van der Waals surface area contributed by atoms with Crippen LogP contribution in [-0.2, 0) is 0 Å². The van der Waals surface area contributed by atoms with Gasteiger partial charge in [-0.2, -0.15) is 0 Å². The Morgan fingerprint density at radius 1 is 1.00 bits per heavy atom. The Morgan fingerprint density at radius 2 is 1.90 bits per heavy atom. The van der Waals surface area contributed by atoms with Crippen LogP contribution in [0.4, 0.5) is 11.5 Å². The maximum atomic E-state index is 12.6. The van der Waals surface area contributed by atoms with Crippen LogP contribution in [0.1, 0.15) is 20.8 Å². The highest BCUT2D eigenvalue weighted by Crippen LogP contribution is 2.28. The predicted octanol–water partition coefficient (Wildman–Crippen LogP) is 3.61. The first-order chi connectivity index (χ1) is 15.2. The fraction of sp³-hybridized carbons (Fsp3) is 0.0435. The second-order valence-electron chi connectivity index (χ2n) is 6.87. The molecule has 152 valence electrons. The summed E-state index contributed by atoms with van der Waals surface area (Å²) in [7, 11) is 0. The molecule has 0 atom stereocenters. The predicted molar refractivity (Wildman–Crippen MR) is 116 cm³/mol. The van der Waals surface area contributed by atoms with Crippen molar-refractivity contribution in [3.63, 3.8) is 0 Å². The SMILES string of the molecule is O=C1N/C=C\c2ccccc2Nc2ncnc3ccc(cc23)OCC(=O)n2cccc21. The molecule has 0 saturated carbocycles. The second-order valence-corrected chi connectivity index (χ2v) is 6.87. The van der Waals surface area contributed by atoms with Crippen molar-refractivity contribution >= 4 is 40.3 Å². The average Bonchev–Trinajstić information content (AvgIpc) is 3.28. The van der Waals surface area contributed by atoms with Gasteiger partial charge in [0.15, 0.2) is 6.61 Å². The Labute approximate surface area is 177 Å². The molecule has 0 aliphatic carbocycles. The maximum Gasteiger partial charge on any atom is 0.272 e. The Balaban J connectivity index is 1.63. The number of carbonyl (C=O) groups is 2. The van der Waals surface area contributed by atoms with E-state index in [4.69, 9.17) is 4.74 Å². The molecule has 0 saturated heterocycles. The van der Waals surface area contributed by atoms with Gasteiger partial charge in [0.05, 0.1) is 5.52 Å². The minimum absolute atomic E-state index is 0.227. The molecule has 2 N–H and O–H groups in total. The molecule has 0 radical (unpaired) electrons. The summed E-state index contributed by atoms with van der Waals surface area (Å²) in [6, 6.07) is 16.2. The lowest BCUT2D eigenvalue weighted by Gasteiger charge is -2.13. The van der Waals surface area contributed by atoms with E-state index in [9.17, 15) is 9.59 Å². The fourth-order valence-corrected chi connectivity index (χ4v) is 3.39. The molecule has 4 aromatic rings. The van der Waals surface area contributed by atoms with Crippen LogP contribution in [-0.4, -0.2) is 33.0 Å². The number of aromatic nitrogens is 3. The molecule has 2 bridgehead atoms. The van der Waals surface area contributed by atoms with Crippen LogP contribution in [0.3, 0.4) is 0 Å². The van der Waals surface area contributed by atoms with Gasteiger partial charge in [0.25, 0.3) is 11.8 Å². The molecule has 3 heterocycles. The van der Waals surface area contributed by atoms with E-state index in [2.05, 4.69) is 20.6 Å². The topological polar surface area (TPSA) is 98.1 Å². The van der Waals surface area contributed by atoms with E-state index in [0.717, 1.165) is 22.2 Å². The van der Waals surface area contributed by atoms with E-state index in [1.807, 2.05) is 30.3 Å². The standard InChI is InChI=1S/C23H17N5O3/c29-21-13-31-16-7-8-19-17(12-16)22(26-14-25-19)27-18-5-2-1-4-15(18)9-10-24-23(30)20-6-3-11-28(20)21/h1-12,14H,13H2,(H,24,30)(H,25,26,27)/b10-9-. The van der Waals surface area contributed by atoms with Crippen molar-refractivity contribution in [1.29, 1.82) is 0 Å². The van der Waals surface area contributed by atoms with Crippen molar-refractivity contribution in [2.45, 2.75) is 0 Å². The maximum absolute atomic E-state index is 12.6. The molecular formula is C23H17N5O3. The van der Waals surface area contributed by atoms with Crippen LogP contribution in [0.2, 0.25) is 0 Å². The number of hydrogen-bond donors (Lipinski definition) is 2. The smallest absolute Gasteiger partial charge is 0.272 e. The Kier molecular flexibility index (Phi) is 4.64. The first-order valence-corrected chi connectivity index (χ1v) is 9.61. The third kappa shape index (κ3) is 3.62. The number of nitrogens with one attached hydrogen (secondary N) is 2. The van der Waals surface area contributed by atoms with Gasteiger partial charge in [-0.1, -0.05) is 18.2 Å². The number of ether oxygens (including phenoxy) is 1. The Hall–Kier alpha value is -4.46. The molecule has 1 aliphatic heterocycles. The number of rotatable bonds is 0. The molecule has 8 nitrogen and oxygen atoms in total. The summed E-state index contributed by atoms with van der Waals surface area (Å²) in [6.07, 6.45) is 6.35. The summed E-state index contributed by atoms with van der Waals surface area (Å²) in [6.45, 7) is -0.227. The van der Waals surface area contributed by atoms with Gasteiger partial charge in [0, 0.05) is 23.5 Å². The van der Waals surface area contributed by atoms with Gasteiger partial charge in [-0.25, -0.2) is 9.97 Å². The number of anilines is 2. The van der Waals surface area contributed by atoms with Gasteiger partial charge < -0.3 is 15.4 Å². The quantitative estimate of drug-likeness (QED) is 0.459. The number of hydrogen-bond acceptors (Lipinski definition) is 6. The molecule has 2 aromatic carbocycles. The van der Waals surface area contributed by atoms with E-state index < -0.39 is 5.91 Å². The summed E-state index contributed by atoms with van der Waals surface area (Å²) in [5, 5.41) is 6.79. The summed E-state index contributed by atoms with van der Waals surface area (Å²) in [5.74, 6) is 0.342. The molecule has 8 heteroatoms. The molecule has 0 spiro atoms. The molecule has 0 unspecified atom stereocenters. The zero-order valence-corrected chi connectivity index (χ0v) is 16.3. The highest BCUT2D eigenvalue weighted by molar-refractivity contribution is 5.98. The van der Waals surface area contributed by atoms with Crippen LogP contribution in [0.15, 0.2) is 73.3 Å². The lowest BCUT2D eigenvalue weighted by Crippen LogP contribution is -2.26. The third-order valence-corrected chi connectivity index (χ3v) is 4.91. The highest BCUT2D eigenvalue weighted by atomic mass is 16.5. The van der Waals surface area contributed by atoms with E-state index in [-0.39, 0.29) is 18.2 Å². The normalized spacial score (nSPS) is 14.8. The van der Waals surface area contributed by atoms with Crippen LogP contribution in [0.5, 0.6) is 5.75 Å². The van der Waals surface area contributed by atoms with E-state index in [1.165, 1.54) is 10.9 Å². The lowest BCUT2D eigenvalue weighted by atomic mass is 10.1. The van der Waals surface area contributed by atoms with Gasteiger partial charge in [-0.15, -0.1) is 0 Å².